The van der Waals surface area contributed by atoms with Crippen molar-refractivity contribution in [1.29, 1.82) is 0 Å². The number of aryl methyl sites for hydroxylation is 1. The molecule has 138 valence electrons. The van der Waals surface area contributed by atoms with Crippen LogP contribution in [-0.4, -0.2) is 18.8 Å². The Morgan fingerprint density at radius 2 is 1.96 bits per heavy atom. The van der Waals surface area contributed by atoms with Crippen molar-refractivity contribution in [2.45, 2.75) is 20.0 Å². The molecule has 0 heterocycles. The summed E-state index contributed by atoms with van der Waals surface area (Å²) in [6, 6.07) is 6.60. The molecule has 1 N–H and O–H groups in total. The van der Waals surface area contributed by atoms with Gasteiger partial charge in [0.1, 0.15) is 12.0 Å². The van der Waals surface area contributed by atoms with E-state index in [0.717, 1.165) is 6.07 Å². The van der Waals surface area contributed by atoms with Crippen LogP contribution in [0.5, 0.6) is 5.75 Å². The number of benzene rings is 2. The molecule has 4 nitrogen and oxygen atoms in total. The first-order chi connectivity index (χ1) is 12.2. The number of nitrogens with one attached hydrogen (secondary N) is 1. The fourth-order valence-electron chi connectivity index (χ4n) is 2.32. The van der Waals surface area contributed by atoms with Gasteiger partial charge in [0, 0.05) is 16.8 Å². The van der Waals surface area contributed by atoms with Crippen LogP contribution in [0, 0.1) is 6.92 Å². The van der Waals surface area contributed by atoms with E-state index in [-0.39, 0.29) is 22.4 Å². The molecule has 1 amide bonds. The van der Waals surface area contributed by atoms with Crippen LogP contribution < -0.4 is 10.1 Å². The molecule has 0 fully saturated rings. The summed E-state index contributed by atoms with van der Waals surface area (Å²) >= 11 is 3.03. The molecule has 0 bridgehead atoms. The first-order valence-corrected chi connectivity index (χ1v) is 8.37. The number of hydrogen-bond acceptors (Lipinski definition) is 3. The maximum Gasteiger partial charge on any atom is 0.420 e. The van der Waals surface area contributed by atoms with E-state index < -0.39 is 17.6 Å². The number of carbonyl (C=O) groups excluding carboxylic acids is 2. The van der Waals surface area contributed by atoms with Gasteiger partial charge in [0.05, 0.1) is 16.6 Å². The van der Waals surface area contributed by atoms with Gasteiger partial charge in [0.15, 0.2) is 0 Å². The molecule has 0 aliphatic rings. The zero-order chi connectivity index (χ0) is 19.5. The third-order valence-electron chi connectivity index (χ3n) is 3.55. The van der Waals surface area contributed by atoms with Gasteiger partial charge in [-0.05, 0) is 65.7 Å². The van der Waals surface area contributed by atoms with Crippen molar-refractivity contribution in [3.63, 3.8) is 0 Å². The fourth-order valence-corrected chi connectivity index (χ4v) is 2.89. The van der Waals surface area contributed by atoms with Crippen molar-refractivity contribution < 1.29 is 27.5 Å². The Kier molecular flexibility index (Phi) is 6.07. The summed E-state index contributed by atoms with van der Waals surface area (Å²) in [7, 11) is 0. The highest BCUT2D eigenvalue weighted by Gasteiger charge is 2.36. The Hall–Kier alpha value is -2.35. The second-order valence-corrected chi connectivity index (χ2v) is 6.26. The second-order valence-electron chi connectivity index (χ2n) is 5.41. The lowest BCUT2D eigenvalue weighted by Gasteiger charge is -2.16. The number of hydrogen-bond donors (Lipinski definition) is 1. The molecule has 0 saturated carbocycles. The molecule has 0 atom stereocenters. The molecule has 0 radical (unpaired) electrons. The van der Waals surface area contributed by atoms with Gasteiger partial charge in [-0.2, -0.15) is 13.2 Å². The Labute approximate surface area is 156 Å². The van der Waals surface area contributed by atoms with E-state index >= 15 is 0 Å². The molecule has 0 spiro atoms. The van der Waals surface area contributed by atoms with Gasteiger partial charge < -0.3 is 10.1 Å². The van der Waals surface area contributed by atoms with Gasteiger partial charge in [-0.25, -0.2) is 0 Å². The Morgan fingerprint density at radius 3 is 2.50 bits per heavy atom. The molecular weight excluding hydrogens is 415 g/mol. The maximum absolute atomic E-state index is 13.3. The van der Waals surface area contributed by atoms with Gasteiger partial charge in [-0.1, -0.05) is 0 Å². The number of aldehydes is 1. The largest absolute Gasteiger partial charge is 0.492 e. The molecular formula is C18H15BrF3NO3. The van der Waals surface area contributed by atoms with Crippen LogP contribution in [0.25, 0.3) is 0 Å². The molecule has 26 heavy (non-hydrogen) atoms. The molecule has 2 aromatic carbocycles. The van der Waals surface area contributed by atoms with Crippen molar-refractivity contribution in [3.8, 4) is 5.75 Å². The van der Waals surface area contributed by atoms with Crippen molar-refractivity contribution in [2.75, 3.05) is 11.9 Å². The van der Waals surface area contributed by atoms with Crippen LogP contribution in [0.2, 0.25) is 0 Å². The van der Waals surface area contributed by atoms with E-state index in [2.05, 4.69) is 21.2 Å². The number of carbonyl (C=O) groups is 2. The normalized spacial score (nSPS) is 11.2. The van der Waals surface area contributed by atoms with Crippen LogP contribution in [0.3, 0.4) is 0 Å². The lowest BCUT2D eigenvalue weighted by atomic mass is 10.1. The standard InChI is InChI=1S/C18H15BrF3NO3/c1-3-26-16-14(18(20,21)22)7-12(8-15(16)19)17(25)23-13-5-4-11(9-24)10(2)6-13/h4-9H,3H2,1-2H3,(H,23,25). The predicted molar refractivity (Wildman–Crippen MR) is 94.8 cm³/mol. The SMILES string of the molecule is CCOc1c(Br)cc(C(=O)Nc2ccc(C=O)c(C)c2)cc1C(F)(F)F. The lowest BCUT2D eigenvalue weighted by Crippen LogP contribution is -2.16. The fraction of sp³-hybridized carbons (Fsp3) is 0.222. The van der Waals surface area contributed by atoms with Crippen molar-refractivity contribution >= 4 is 33.8 Å². The summed E-state index contributed by atoms with van der Waals surface area (Å²) in [6.45, 7) is 3.31. The van der Waals surface area contributed by atoms with Gasteiger partial charge in [-0.15, -0.1) is 0 Å². The summed E-state index contributed by atoms with van der Waals surface area (Å²) in [6.07, 6.45) is -3.99. The van der Waals surface area contributed by atoms with Crippen LogP contribution in [0.4, 0.5) is 18.9 Å². The minimum absolute atomic E-state index is 0.0341. The third-order valence-corrected chi connectivity index (χ3v) is 4.14. The van der Waals surface area contributed by atoms with Gasteiger partial charge in [0.2, 0.25) is 0 Å². The van der Waals surface area contributed by atoms with Crippen molar-refractivity contribution in [3.05, 3.63) is 57.1 Å². The topological polar surface area (TPSA) is 55.4 Å². The highest BCUT2D eigenvalue weighted by molar-refractivity contribution is 9.10. The molecule has 2 rings (SSSR count). The first kappa shape index (κ1) is 20.0. The van der Waals surface area contributed by atoms with E-state index in [9.17, 15) is 22.8 Å². The Bertz CT molecular complexity index is 850. The molecule has 0 aliphatic heterocycles. The summed E-state index contributed by atoms with van der Waals surface area (Å²) in [5.74, 6) is -1.07. The van der Waals surface area contributed by atoms with E-state index in [1.807, 2.05) is 0 Å². The minimum atomic E-state index is -4.68. The van der Waals surface area contributed by atoms with Gasteiger partial charge >= 0.3 is 6.18 Å². The lowest BCUT2D eigenvalue weighted by molar-refractivity contribution is -0.139. The number of alkyl halides is 3. The molecule has 8 heteroatoms. The smallest absolute Gasteiger partial charge is 0.420 e. The van der Waals surface area contributed by atoms with Gasteiger partial charge in [-0.3, -0.25) is 9.59 Å². The summed E-state index contributed by atoms with van der Waals surface area (Å²) in [4.78, 5) is 23.2. The number of amides is 1. The molecule has 0 aliphatic carbocycles. The zero-order valence-corrected chi connectivity index (χ0v) is 15.5. The summed E-state index contributed by atoms with van der Waals surface area (Å²) in [5.41, 5.74) is 0.264. The zero-order valence-electron chi connectivity index (χ0n) is 13.9. The quantitative estimate of drug-likeness (QED) is 0.661. The van der Waals surface area contributed by atoms with E-state index in [1.54, 1.807) is 19.9 Å². The van der Waals surface area contributed by atoms with Crippen LogP contribution in [-0.2, 0) is 6.18 Å². The number of rotatable bonds is 5. The minimum Gasteiger partial charge on any atom is -0.492 e. The van der Waals surface area contributed by atoms with E-state index in [0.29, 0.717) is 23.1 Å². The Balaban J connectivity index is 2.38. The molecule has 2 aromatic rings. The molecule has 0 aromatic heterocycles. The van der Waals surface area contributed by atoms with Crippen LogP contribution in [0.15, 0.2) is 34.8 Å². The number of halogens is 4. The number of anilines is 1. The van der Waals surface area contributed by atoms with E-state index in [1.165, 1.54) is 18.2 Å². The average Bonchev–Trinajstić information content (AvgIpc) is 2.55. The number of ether oxygens (including phenoxy) is 1. The van der Waals surface area contributed by atoms with E-state index in [4.69, 9.17) is 4.74 Å². The average molecular weight is 430 g/mol. The van der Waals surface area contributed by atoms with Crippen molar-refractivity contribution in [2.24, 2.45) is 0 Å². The maximum atomic E-state index is 13.3. The van der Waals surface area contributed by atoms with Crippen LogP contribution >= 0.6 is 15.9 Å². The summed E-state index contributed by atoms with van der Waals surface area (Å²) < 4.78 is 45.0. The second kappa shape index (κ2) is 7.90. The Morgan fingerprint density at radius 1 is 1.27 bits per heavy atom. The molecule has 0 unspecified atom stereocenters. The monoisotopic (exact) mass is 429 g/mol. The highest BCUT2D eigenvalue weighted by atomic mass is 79.9. The predicted octanol–water partition coefficient (Wildman–Crippen LogP) is 5.24. The van der Waals surface area contributed by atoms with Crippen LogP contribution in [0.1, 0.15) is 38.8 Å². The van der Waals surface area contributed by atoms with Crippen molar-refractivity contribution in [1.82, 2.24) is 0 Å². The molecule has 0 saturated heterocycles. The van der Waals surface area contributed by atoms with Gasteiger partial charge in [0.25, 0.3) is 5.91 Å². The first-order valence-electron chi connectivity index (χ1n) is 7.58. The highest BCUT2D eigenvalue weighted by Crippen LogP contribution is 2.41. The third kappa shape index (κ3) is 4.43. The summed E-state index contributed by atoms with van der Waals surface area (Å²) in [5, 5.41) is 2.52.